The molecule has 134 valence electrons. The molecule has 0 spiro atoms. The molecule has 0 aromatic heterocycles. The molecule has 0 bridgehead atoms. The maximum Gasteiger partial charge on any atom is 0.264 e. The summed E-state index contributed by atoms with van der Waals surface area (Å²) >= 11 is 0. The van der Waals surface area contributed by atoms with Gasteiger partial charge in [0, 0.05) is 25.5 Å². The van der Waals surface area contributed by atoms with Gasteiger partial charge in [-0.25, -0.2) is 4.39 Å². The number of carbonyl (C=O) groups is 3. The molecule has 26 heavy (non-hydrogen) atoms. The first-order valence-electron chi connectivity index (χ1n) is 8.06. The van der Waals surface area contributed by atoms with Crippen molar-refractivity contribution in [3.05, 3.63) is 53.8 Å². The average Bonchev–Trinajstić information content (AvgIpc) is 2.64. The maximum absolute atomic E-state index is 13.5. The van der Waals surface area contributed by atoms with Crippen LogP contribution in [-0.2, 0) is 9.59 Å². The van der Waals surface area contributed by atoms with Crippen molar-refractivity contribution in [1.29, 1.82) is 0 Å². The van der Waals surface area contributed by atoms with Gasteiger partial charge < -0.3 is 15.0 Å². The zero-order chi connectivity index (χ0) is 18.7. The minimum absolute atomic E-state index is 0.0302. The van der Waals surface area contributed by atoms with Crippen LogP contribution in [0, 0.1) is 5.82 Å². The van der Waals surface area contributed by atoms with Crippen molar-refractivity contribution in [3.8, 4) is 5.75 Å². The number of carbonyl (C=O) groups excluding carboxylic acids is 3. The number of hydrogen-bond acceptors (Lipinski definition) is 4. The Morgan fingerprint density at radius 1 is 1.19 bits per heavy atom. The lowest BCUT2D eigenvalue weighted by atomic mass is 10.0. The highest BCUT2D eigenvalue weighted by molar-refractivity contribution is 6.03. The number of benzene rings is 2. The number of hydrogen-bond donors (Lipinski definition) is 1. The van der Waals surface area contributed by atoms with E-state index in [9.17, 15) is 18.8 Å². The first-order chi connectivity index (χ1) is 12.5. The van der Waals surface area contributed by atoms with E-state index in [1.807, 2.05) is 0 Å². The van der Waals surface area contributed by atoms with E-state index >= 15 is 0 Å². The Balaban J connectivity index is 1.63. The van der Waals surface area contributed by atoms with Crippen molar-refractivity contribution in [2.24, 2.45) is 0 Å². The normalized spacial score (nSPS) is 13.0. The van der Waals surface area contributed by atoms with Gasteiger partial charge in [0.25, 0.3) is 5.91 Å². The van der Waals surface area contributed by atoms with Crippen LogP contribution in [-0.4, -0.2) is 31.3 Å². The van der Waals surface area contributed by atoms with Crippen LogP contribution in [0.15, 0.2) is 42.5 Å². The summed E-state index contributed by atoms with van der Waals surface area (Å²) in [7, 11) is 1.61. The molecule has 6 nitrogen and oxygen atoms in total. The predicted octanol–water partition coefficient (Wildman–Crippen LogP) is 2.78. The summed E-state index contributed by atoms with van der Waals surface area (Å²) in [6, 6.07) is 10.6. The van der Waals surface area contributed by atoms with Crippen LogP contribution in [0.2, 0.25) is 0 Å². The fourth-order valence-electron chi connectivity index (χ4n) is 2.59. The van der Waals surface area contributed by atoms with Gasteiger partial charge >= 0.3 is 0 Å². The Kier molecular flexibility index (Phi) is 4.97. The molecule has 1 aliphatic rings. The monoisotopic (exact) mass is 356 g/mol. The number of fused-ring (bicyclic) bond motifs is 1. The fraction of sp³-hybridized carbons (Fsp3) is 0.211. The lowest BCUT2D eigenvalue weighted by molar-refractivity contribution is -0.121. The fourth-order valence-corrected chi connectivity index (χ4v) is 2.59. The van der Waals surface area contributed by atoms with E-state index in [4.69, 9.17) is 4.74 Å². The summed E-state index contributed by atoms with van der Waals surface area (Å²) in [6.45, 7) is -0.0347. The average molecular weight is 356 g/mol. The molecule has 0 unspecified atom stereocenters. The number of ketones is 1. The Hall–Kier alpha value is -3.22. The maximum atomic E-state index is 13.5. The van der Waals surface area contributed by atoms with Crippen LogP contribution in [0.5, 0.6) is 5.75 Å². The molecular formula is C19H17FN2O4. The van der Waals surface area contributed by atoms with E-state index in [-0.39, 0.29) is 36.8 Å². The summed E-state index contributed by atoms with van der Waals surface area (Å²) in [4.78, 5) is 37.4. The van der Waals surface area contributed by atoms with Crippen molar-refractivity contribution >= 4 is 29.0 Å². The van der Waals surface area contributed by atoms with Gasteiger partial charge in [-0.2, -0.15) is 0 Å². The van der Waals surface area contributed by atoms with Crippen molar-refractivity contribution in [1.82, 2.24) is 0 Å². The number of ether oxygens (including phenoxy) is 1. The van der Waals surface area contributed by atoms with Gasteiger partial charge in [0.2, 0.25) is 5.91 Å². The van der Waals surface area contributed by atoms with E-state index in [0.717, 1.165) is 0 Å². The summed E-state index contributed by atoms with van der Waals surface area (Å²) in [5.74, 6) is -0.901. The molecule has 0 atom stereocenters. The highest BCUT2D eigenvalue weighted by Crippen LogP contribution is 2.32. The number of rotatable bonds is 5. The molecule has 0 radical (unpaired) electrons. The second-order valence-corrected chi connectivity index (χ2v) is 5.88. The summed E-state index contributed by atoms with van der Waals surface area (Å²) in [6.07, 6.45) is -0.104. The van der Waals surface area contributed by atoms with E-state index < -0.39 is 11.7 Å². The number of halogens is 1. The highest BCUT2D eigenvalue weighted by Gasteiger charge is 2.23. The second kappa shape index (κ2) is 7.35. The van der Waals surface area contributed by atoms with Gasteiger partial charge in [-0.15, -0.1) is 0 Å². The third-order valence-corrected chi connectivity index (χ3v) is 4.09. The third-order valence-electron chi connectivity index (χ3n) is 4.09. The molecule has 2 aromatic rings. The Bertz CT molecular complexity index is 882. The SMILES string of the molecule is CN1C(=O)COc2ccc(C(=O)CCC(=O)Nc3ccccc3F)cc21. The van der Waals surface area contributed by atoms with Gasteiger partial charge in [0.05, 0.1) is 11.4 Å². The number of nitrogens with zero attached hydrogens (tertiary/aromatic N) is 1. The predicted molar refractivity (Wildman–Crippen MR) is 93.9 cm³/mol. The molecule has 0 saturated heterocycles. The molecule has 0 fully saturated rings. The van der Waals surface area contributed by atoms with Gasteiger partial charge in [-0.05, 0) is 30.3 Å². The molecule has 2 amide bonds. The largest absolute Gasteiger partial charge is 0.482 e. The lowest BCUT2D eigenvalue weighted by Gasteiger charge is -2.26. The van der Waals surface area contributed by atoms with Crippen LogP contribution in [0.1, 0.15) is 23.2 Å². The molecule has 1 heterocycles. The summed E-state index contributed by atoms with van der Waals surface area (Å²) in [5.41, 5.74) is 0.978. The first kappa shape index (κ1) is 17.6. The molecule has 0 saturated carbocycles. The lowest BCUT2D eigenvalue weighted by Crippen LogP contribution is -2.35. The smallest absolute Gasteiger partial charge is 0.264 e. The zero-order valence-corrected chi connectivity index (χ0v) is 14.1. The first-order valence-corrected chi connectivity index (χ1v) is 8.06. The van der Waals surface area contributed by atoms with Crippen molar-refractivity contribution in [3.63, 3.8) is 0 Å². The number of likely N-dealkylation sites (N-methyl/N-ethyl adjacent to an activating group) is 1. The minimum Gasteiger partial charge on any atom is -0.482 e. The molecular weight excluding hydrogens is 339 g/mol. The number of para-hydroxylation sites is 1. The van der Waals surface area contributed by atoms with Crippen LogP contribution in [0.3, 0.4) is 0 Å². The van der Waals surface area contributed by atoms with Crippen molar-refractivity contribution < 1.29 is 23.5 Å². The Morgan fingerprint density at radius 3 is 2.73 bits per heavy atom. The van der Waals surface area contributed by atoms with Crippen molar-refractivity contribution in [2.75, 3.05) is 23.9 Å². The van der Waals surface area contributed by atoms with Gasteiger partial charge in [0.1, 0.15) is 11.6 Å². The number of amides is 2. The zero-order valence-electron chi connectivity index (χ0n) is 14.1. The number of anilines is 2. The van der Waals surface area contributed by atoms with Crippen molar-refractivity contribution in [2.45, 2.75) is 12.8 Å². The Labute approximate surface area is 149 Å². The number of Topliss-reactive ketones (excluding diaryl/α,β-unsaturated/α-hetero) is 1. The second-order valence-electron chi connectivity index (χ2n) is 5.88. The molecule has 0 aliphatic carbocycles. The highest BCUT2D eigenvalue weighted by atomic mass is 19.1. The quantitative estimate of drug-likeness (QED) is 0.836. The van der Waals surface area contributed by atoms with Gasteiger partial charge in [-0.3, -0.25) is 14.4 Å². The van der Waals surface area contributed by atoms with Crippen LogP contribution in [0.25, 0.3) is 0 Å². The van der Waals surface area contributed by atoms with Crippen LogP contribution < -0.4 is 15.0 Å². The molecule has 7 heteroatoms. The van der Waals surface area contributed by atoms with Gasteiger partial charge in [0.15, 0.2) is 12.4 Å². The van der Waals surface area contributed by atoms with E-state index in [1.54, 1.807) is 31.3 Å². The molecule has 1 aliphatic heterocycles. The van der Waals surface area contributed by atoms with Crippen LogP contribution >= 0.6 is 0 Å². The minimum atomic E-state index is -0.533. The van der Waals surface area contributed by atoms with E-state index in [2.05, 4.69) is 5.32 Å². The molecule has 2 aromatic carbocycles. The topological polar surface area (TPSA) is 75.7 Å². The van der Waals surface area contributed by atoms with E-state index in [1.165, 1.54) is 23.1 Å². The number of nitrogens with one attached hydrogen (secondary N) is 1. The molecule has 1 N–H and O–H groups in total. The summed E-state index contributed by atoms with van der Waals surface area (Å²) < 4.78 is 18.8. The third kappa shape index (κ3) is 3.72. The standard InChI is InChI=1S/C19H17FN2O4/c1-22-15-10-12(6-8-17(15)26-11-19(22)25)16(23)7-9-18(24)21-14-5-3-2-4-13(14)20/h2-6,8,10H,7,9,11H2,1H3,(H,21,24). The Morgan fingerprint density at radius 2 is 1.96 bits per heavy atom. The molecule has 3 rings (SSSR count). The van der Waals surface area contributed by atoms with E-state index in [0.29, 0.717) is 17.0 Å². The summed E-state index contributed by atoms with van der Waals surface area (Å²) in [5, 5.41) is 2.44. The van der Waals surface area contributed by atoms with Crippen LogP contribution in [0.4, 0.5) is 15.8 Å². The van der Waals surface area contributed by atoms with Gasteiger partial charge in [-0.1, -0.05) is 12.1 Å².